The lowest BCUT2D eigenvalue weighted by molar-refractivity contribution is 0.0692. The molecule has 18 aromatic rings. The Balaban J connectivity index is 0.000000135. The Morgan fingerprint density at radius 2 is 0.869 bits per heavy atom. The van der Waals surface area contributed by atoms with E-state index in [1.165, 1.54) is 43.0 Å². The number of hydrogen-bond donors (Lipinski definition) is 17. The molecule has 1 atom stereocenters. The molecular weight excluding hydrogens is 1750 g/mol. The van der Waals surface area contributed by atoms with Crippen molar-refractivity contribution < 1.29 is 33.2 Å². The third-order valence-corrected chi connectivity index (χ3v) is 20.2. The van der Waals surface area contributed by atoms with Crippen molar-refractivity contribution in [2.75, 3.05) is 115 Å². The van der Waals surface area contributed by atoms with Crippen molar-refractivity contribution >= 4 is 144 Å². The van der Waals surface area contributed by atoms with Crippen LogP contribution in [0.1, 0.15) is 112 Å². The Morgan fingerprint density at radius 1 is 0.438 bits per heavy atom. The highest BCUT2D eigenvalue weighted by molar-refractivity contribution is 6.03. The zero-order chi connectivity index (χ0) is 96.1. The zero-order valence-corrected chi connectivity index (χ0v) is 76.4. The van der Waals surface area contributed by atoms with Crippen molar-refractivity contribution in [1.29, 1.82) is 0 Å². The second-order valence-corrected chi connectivity index (χ2v) is 31.2. The molecule has 13 aromatic heterocycles. The first kappa shape index (κ1) is 97.3. The van der Waals surface area contributed by atoms with Gasteiger partial charge in [0.2, 0.25) is 59.3 Å². The van der Waals surface area contributed by atoms with Crippen molar-refractivity contribution in [2.24, 2.45) is 10.9 Å². The number of nitrogen functional groups attached to an aromatic ring is 6. The number of hydrogen-bond acceptors (Lipinski definition) is 37. The molecule has 137 heavy (non-hydrogen) atoms. The van der Waals surface area contributed by atoms with E-state index < -0.39 is 0 Å². The standard InChI is InChI=1S/C17H18N4O2.C15H25N5O2.C13H14N6.C13H13N5O2.C12H12N6.C12H11N5O.C10H16N6O/c1-17(2,3)11-6-4-10(5-7-11)14(22)20-16-19-13-12(8-9-18-13)15(23)21-16;1-3-5-6-11(4-2)9-21-7-8-22-14-12-13(18-10-17-12)19-15(16)20-14;14-13-18-11(10-12(19-13)17-8-16-10)15-7-6-9-4-2-1-3-5-9;14-13-17-11-10(15-8-16-11)12(18-13)20-7-6-19-9-4-2-1-3-5-9;13-12-17-10(9-11(18-12)16-7-15-9)14-6-8-4-2-1-3-5-8;13-12-16-10-9(14-7-15-10)11(17-12)18-6-8-4-2-1-3-5-8;1-2-17-5-3-4-12-8-7-9(14-6-13-7)16-10(11)15-8/h4-7,9H,8H2,1-3H3,(H2,19,20,21,22,23);10-11H,3-9H2,1-2H3,(H3,16,17,18,19,20);1-5,8H,6-7H2,(H4,14,15,16,17,18,19);1-5,8H,6-7H2,(H3,14,15,16,17,18);1-5,7H,6H2,(H4,13,14,15,16,17,18);1-5,7H,6H2,(H3,13,14,15,16,17);6H,2-5H2,1H3,(H4,11,12,13,14,15,16). The number of nitrogens with one attached hydrogen (secondary N) is 11. The second kappa shape index (κ2) is 49.3. The number of aliphatic imine (C=N–C) groups is 1. The maximum atomic E-state index is 12.3. The number of rotatable bonds is 33. The molecule has 0 radical (unpaired) electrons. The van der Waals surface area contributed by atoms with Gasteiger partial charge in [0, 0.05) is 57.7 Å². The van der Waals surface area contributed by atoms with Crippen molar-refractivity contribution in [1.82, 2.24) is 130 Å². The SMILES string of the molecule is CC(C)(C)c1ccc(C(=O)Nc2nc3c(c(=O)[nH]2)CC=N3)cc1.CCCCC(CC)COCCOc1nc(N)nc2nc[nH]c12.CCOCCCNc1nc(N)nc2nc[nH]c12.Nc1nc(NCCc2ccccc2)c2[nH]cnc2n1.Nc1nc(NCc2ccccc2)c2[nH]cnc2n1.Nc1nc(OCCOc2ccccc2)c2[nH]cnc2n1.Nc1nc(OCc2ccccc2)c2[nH]cnc2n1. The Hall–Kier alpha value is -17.3. The first-order valence-corrected chi connectivity index (χ1v) is 44.1. The minimum absolute atomic E-state index is 0.0276. The topological polar surface area (TPSA) is 662 Å². The molecule has 0 spiro atoms. The van der Waals surface area contributed by atoms with Crippen LogP contribution in [-0.2, 0) is 40.9 Å². The highest BCUT2D eigenvalue weighted by Crippen LogP contribution is 2.28. The number of anilines is 10. The maximum Gasteiger partial charge on any atom is 0.258 e. The van der Waals surface area contributed by atoms with Crippen LogP contribution in [0.25, 0.3) is 67.0 Å². The molecule has 1 unspecified atom stereocenters. The molecule has 45 heteroatoms. The van der Waals surface area contributed by atoms with Gasteiger partial charge in [0.1, 0.15) is 65.3 Å². The van der Waals surface area contributed by atoms with E-state index in [9.17, 15) is 9.59 Å². The quantitative estimate of drug-likeness (QED) is 0.0170. The van der Waals surface area contributed by atoms with Gasteiger partial charge >= 0.3 is 0 Å². The predicted octanol–water partition coefficient (Wildman–Crippen LogP) is 11.9. The van der Waals surface area contributed by atoms with E-state index >= 15 is 0 Å². The van der Waals surface area contributed by atoms with Crippen LogP contribution in [0.15, 0.2) is 193 Å². The van der Waals surface area contributed by atoms with Crippen molar-refractivity contribution in [3.05, 3.63) is 227 Å². The van der Waals surface area contributed by atoms with Crippen LogP contribution in [0.4, 0.5) is 64.9 Å². The lowest BCUT2D eigenvalue weighted by Crippen LogP contribution is -2.20. The molecule has 710 valence electrons. The lowest BCUT2D eigenvalue weighted by atomic mass is 9.87. The minimum atomic E-state index is -0.324. The number of ether oxygens (including phenoxy) is 6. The number of nitrogens with zero attached hydrogens (tertiary/aromatic N) is 20. The van der Waals surface area contributed by atoms with Crippen LogP contribution in [0.5, 0.6) is 23.4 Å². The van der Waals surface area contributed by atoms with Gasteiger partial charge in [-0.3, -0.25) is 19.9 Å². The number of amides is 1. The summed E-state index contributed by atoms with van der Waals surface area (Å²) in [5.74, 6) is 5.92. The number of carbonyl (C=O) groups excluding carboxylic acids is 1. The largest absolute Gasteiger partial charge is 0.490 e. The molecule has 14 heterocycles. The molecule has 0 saturated heterocycles. The summed E-state index contributed by atoms with van der Waals surface area (Å²) in [5.41, 5.74) is 46.6. The molecule has 5 aromatic carbocycles. The summed E-state index contributed by atoms with van der Waals surface area (Å²) >= 11 is 0. The molecule has 0 aliphatic carbocycles. The molecular formula is C92H109N37O8. The van der Waals surface area contributed by atoms with Gasteiger partial charge in [0.25, 0.3) is 11.5 Å². The Kier molecular flexibility index (Phi) is 35.0. The third kappa shape index (κ3) is 28.9. The van der Waals surface area contributed by atoms with Crippen LogP contribution in [-0.4, -0.2) is 201 Å². The lowest BCUT2D eigenvalue weighted by Gasteiger charge is -2.19. The molecule has 1 amide bonds. The third-order valence-electron chi connectivity index (χ3n) is 20.2. The molecule has 0 fully saturated rings. The highest BCUT2D eigenvalue weighted by atomic mass is 16.5. The number of carbonyl (C=O) groups is 1. The molecule has 1 aliphatic rings. The predicted molar refractivity (Wildman–Crippen MR) is 526 cm³/mol. The molecule has 19 rings (SSSR count). The van der Waals surface area contributed by atoms with Crippen molar-refractivity contribution in [2.45, 2.75) is 105 Å². The molecule has 45 nitrogen and oxygen atoms in total. The summed E-state index contributed by atoms with van der Waals surface area (Å²) in [5, 5.41) is 12.3. The fourth-order valence-electron chi connectivity index (χ4n) is 13.2. The molecule has 0 bridgehead atoms. The maximum absolute atomic E-state index is 12.3. The van der Waals surface area contributed by atoms with Gasteiger partial charge in [-0.15, -0.1) is 0 Å². The van der Waals surface area contributed by atoms with E-state index in [1.54, 1.807) is 43.7 Å². The number of aromatic nitrogens is 26. The number of nitrogens with two attached hydrogens (primary N) is 6. The summed E-state index contributed by atoms with van der Waals surface area (Å²) in [7, 11) is 0. The van der Waals surface area contributed by atoms with E-state index in [0.29, 0.717) is 154 Å². The van der Waals surface area contributed by atoms with E-state index in [4.69, 9.17) is 62.8 Å². The van der Waals surface area contributed by atoms with Gasteiger partial charge in [0.15, 0.2) is 57.2 Å². The van der Waals surface area contributed by atoms with Crippen molar-refractivity contribution in [3.63, 3.8) is 0 Å². The van der Waals surface area contributed by atoms with Crippen molar-refractivity contribution in [3.8, 4) is 23.4 Å². The minimum Gasteiger partial charge on any atom is -0.490 e. The molecule has 23 N–H and O–H groups in total. The fourth-order valence-corrected chi connectivity index (χ4v) is 13.2. The van der Waals surface area contributed by atoms with Gasteiger partial charge in [0.05, 0.1) is 50.1 Å². The first-order valence-electron chi connectivity index (χ1n) is 44.1. The number of aromatic amines is 7. The number of unbranched alkanes of at least 4 members (excludes halogenated alkanes) is 1. The van der Waals surface area contributed by atoms with Gasteiger partial charge in [-0.2, -0.15) is 64.8 Å². The average molecular weight is 1860 g/mol. The van der Waals surface area contributed by atoms with Crippen LogP contribution in [0, 0.1) is 5.92 Å². The average Bonchev–Trinajstić information content (AvgIpc) is 1.25. The fraction of sp³-hybridized carbons (Fsp3) is 0.283. The number of H-pyrrole nitrogens is 7. The summed E-state index contributed by atoms with van der Waals surface area (Å²) in [4.78, 5) is 126. The highest BCUT2D eigenvalue weighted by Gasteiger charge is 2.21. The van der Waals surface area contributed by atoms with Crippen LogP contribution in [0.2, 0.25) is 0 Å². The Morgan fingerprint density at radius 3 is 1.35 bits per heavy atom. The number of para-hydroxylation sites is 1. The number of benzene rings is 5. The van der Waals surface area contributed by atoms with E-state index in [2.05, 4.69) is 203 Å². The first-order chi connectivity index (χ1) is 66.7. The van der Waals surface area contributed by atoms with Gasteiger partial charge in [-0.25, -0.2) is 34.9 Å². The van der Waals surface area contributed by atoms with Crippen LogP contribution >= 0.6 is 0 Å². The summed E-state index contributed by atoms with van der Waals surface area (Å²) < 4.78 is 33.3. The monoisotopic (exact) mass is 1860 g/mol. The van der Waals surface area contributed by atoms with E-state index in [1.807, 2.05) is 128 Å². The van der Waals surface area contributed by atoms with E-state index in [-0.39, 0.29) is 58.5 Å². The van der Waals surface area contributed by atoms with Crippen LogP contribution in [0.3, 0.4) is 0 Å². The molecule has 1 aliphatic heterocycles. The van der Waals surface area contributed by atoms with Gasteiger partial charge < -0.3 is 109 Å². The summed E-state index contributed by atoms with van der Waals surface area (Å²) in [6.45, 7) is 19.3. The Labute approximate surface area is 784 Å². The smallest absolute Gasteiger partial charge is 0.258 e. The van der Waals surface area contributed by atoms with Gasteiger partial charge in [-0.05, 0) is 84.0 Å². The summed E-state index contributed by atoms with van der Waals surface area (Å²) in [6.07, 6.45) is 18.1. The molecule has 0 saturated carbocycles. The second-order valence-electron chi connectivity index (χ2n) is 31.2. The summed E-state index contributed by atoms with van der Waals surface area (Å²) in [6, 6.07) is 47.1. The zero-order valence-electron chi connectivity index (χ0n) is 76.4. The van der Waals surface area contributed by atoms with E-state index in [0.717, 1.165) is 85.6 Å². The number of fused-ring (bicyclic) bond motifs is 7. The Bertz CT molecular complexity index is 6780. The van der Waals surface area contributed by atoms with Crippen LogP contribution < -0.4 is 80.2 Å². The normalized spacial score (nSPS) is 11.4. The van der Waals surface area contributed by atoms with Gasteiger partial charge in [-0.1, -0.05) is 175 Å². The number of imidazole rings is 6.